The molecule has 1 aromatic heterocycles. The molecule has 7 heteroatoms. The molecule has 2 aromatic rings. The second kappa shape index (κ2) is 10.9. The molecule has 3 aliphatic rings. The molecule has 182 valence electrons. The Kier molecular flexibility index (Phi) is 7.48. The van der Waals surface area contributed by atoms with E-state index in [-0.39, 0.29) is 0 Å². The zero-order chi connectivity index (χ0) is 23.3. The summed E-state index contributed by atoms with van der Waals surface area (Å²) in [6, 6.07) is 11.4. The molecule has 2 fully saturated rings. The van der Waals surface area contributed by atoms with E-state index in [1.54, 1.807) is 0 Å². The van der Waals surface area contributed by atoms with Crippen molar-refractivity contribution in [2.75, 3.05) is 34.8 Å². The quantitative estimate of drug-likeness (QED) is 0.458. The molecule has 1 atom stereocenters. The summed E-state index contributed by atoms with van der Waals surface area (Å²) >= 11 is 5.70. The van der Waals surface area contributed by atoms with Gasteiger partial charge in [0.05, 0.1) is 0 Å². The Hall–Kier alpha value is -2.41. The molecule has 34 heavy (non-hydrogen) atoms. The first kappa shape index (κ1) is 23.3. The third-order valence-electron chi connectivity index (χ3n) is 7.55. The summed E-state index contributed by atoms with van der Waals surface area (Å²) < 4.78 is 0. The molecule has 1 unspecified atom stereocenters. The topological polar surface area (TPSA) is 56.3 Å². The van der Waals surface area contributed by atoms with Crippen molar-refractivity contribution < 1.29 is 0 Å². The number of fused-ring (bicyclic) bond motifs is 1. The van der Waals surface area contributed by atoms with Gasteiger partial charge in [0.25, 0.3) is 0 Å². The molecule has 3 heterocycles. The van der Waals surface area contributed by atoms with Gasteiger partial charge in [-0.05, 0) is 61.4 Å². The molecule has 0 bridgehead atoms. The van der Waals surface area contributed by atoms with Crippen molar-refractivity contribution in [1.29, 1.82) is 0 Å². The largest absolute Gasteiger partial charge is 0.360 e. The molecular formula is C27H38N6S. The molecule has 6 nitrogen and oxygen atoms in total. The maximum absolute atomic E-state index is 5.70. The minimum absolute atomic E-state index is 0.451. The van der Waals surface area contributed by atoms with Crippen molar-refractivity contribution in [2.24, 2.45) is 5.92 Å². The van der Waals surface area contributed by atoms with Crippen molar-refractivity contribution in [1.82, 2.24) is 15.3 Å². The number of nitrogens with one attached hydrogen (secondary N) is 2. The van der Waals surface area contributed by atoms with Gasteiger partial charge in [-0.2, -0.15) is 9.97 Å². The third kappa shape index (κ3) is 5.80. The molecule has 0 radical (unpaired) electrons. The van der Waals surface area contributed by atoms with E-state index in [0.29, 0.717) is 23.0 Å². The Morgan fingerprint density at radius 2 is 1.65 bits per heavy atom. The van der Waals surface area contributed by atoms with Gasteiger partial charge in [-0.25, -0.2) is 0 Å². The minimum atomic E-state index is 0.451. The highest BCUT2D eigenvalue weighted by atomic mass is 32.1. The van der Waals surface area contributed by atoms with Crippen molar-refractivity contribution in [3.05, 3.63) is 41.5 Å². The van der Waals surface area contributed by atoms with E-state index in [0.717, 1.165) is 44.2 Å². The van der Waals surface area contributed by atoms with Crippen LogP contribution in [0.15, 0.2) is 30.3 Å². The lowest BCUT2D eigenvalue weighted by Gasteiger charge is -2.34. The predicted octanol–water partition coefficient (Wildman–Crippen LogP) is 5.28. The van der Waals surface area contributed by atoms with Gasteiger partial charge >= 0.3 is 0 Å². The van der Waals surface area contributed by atoms with Crippen LogP contribution < -0.4 is 20.4 Å². The Bertz CT molecular complexity index is 987. The summed E-state index contributed by atoms with van der Waals surface area (Å²) in [5, 5.41) is 7.53. The lowest BCUT2D eigenvalue weighted by atomic mass is 10.00. The highest BCUT2D eigenvalue weighted by Gasteiger charge is 2.23. The van der Waals surface area contributed by atoms with Crippen LogP contribution in [0.5, 0.6) is 0 Å². The van der Waals surface area contributed by atoms with E-state index < -0.39 is 0 Å². The summed E-state index contributed by atoms with van der Waals surface area (Å²) in [5.74, 6) is 3.28. The smallest absolute Gasteiger partial charge is 0.232 e. The minimum Gasteiger partial charge on any atom is -0.360 e. The van der Waals surface area contributed by atoms with Crippen molar-refractivity contribution >= 4 is 34.9 Å². The van der Waals surface area contributed by atoms with Crippen molar-refractivity contribution in [3.63, 3.8) is 0 Å². The number of benzene rings is 1. The van der Waals surface area contributed by atoms with Gasteiger partial charge in [0, 0.05) is 38.3 Å². The number of nitrogens with zero attached hydrogens (tertiary/aromatic N) is 4. The van der Waals surface area contributed by atoms with Crippen LogP contribution in [0, 0.1) is 5.92 Å². The third-order valence-corrected chi connectivity index (χ3v) is 7.77. The van der Waals surface area contributed by atoms with Crippen LogP contribution >= 0.6 is 12.2 Å². The molecule has 5 rings (SSSR count). The Balaban J connectivity index is 1.36. The van der Waals surface area contributed by atoms with Gasteiger partial charge in [0.2, 0.25) is 5.95 Å². The van der Waals surface area contributed by atoms with Crippen LogP contribution in [0.4, 0.5) is 17.6 Å². The van der Waals surface area contributed by atoms with Crippen LogP contribution in [-0.4, -0.2) is 40.8 Å². The molecule has 0 spiro atoms. The summed E-state index contributed by atoms with van der Waals surface area (Å²) in [7, 11) is 0. The average Bonchev–Trinajstić information content (AvgIpc) is 3.12. The average molecular weight is 479 g/mol. The van der Waals surface area contributed by atoms with E-state index in [4.69, 9.17) is 22.2 Å². The fourth-order valence-corrected chi connectivity index (χ4v) is 5.90. The van der Waals surface area contributed by atoms with E-state index >= 15 is 0 Å². The second-order valence-corrected chi connectivity index (χ2v) is 10.7. The SMILES string of the molecule is CC1CCCN(c2cc(N3CCc4ccccc4C3)nc(NC(=S)NC3CCCCCC3)n2)C1. The van der Waals surface area contributed by atoms with E-state index in [1.165, 1.54) is 62.5 Å². The van der Waals surface area contributed by atoms with Crippen LogP contribution in [0.25, 0.3) is 0 Å². The van der Waals surface area contributed by atoms with Crippen LogP contribution in [0.1, 0.15) is 69.4 Å². The number of piperidine rings is 1. The van der Waals surface area contributed by atoms with Crippen LogP contribution in [-0.2, 0) is 13.0 Å². The normalized spacial score (nSPS) is 21.5. The number of hydrogen-bond donors (Lipinski definition) is 2. The van der Waals surface area contributed by atoms with Gasteiger partial charge < -0.3 is 20.4 Å². The summed E-state index contributed by atoms with van der Waals surface area (Å²) in [4.78, 5) is 14.7. The van der Waals surface area contributed by atoms with Crippen molar-refractivity contribution in [2.45, 2.75) is 77.3 Å². The van der Waals surface area contributed by atoms with Crippen LogP contribution in [0.3, 0.4) is 0 Å². The number of rotatable bonds is 4. The fraction of sp³-hybridized carbons (Fsp3) is 0.593. The van der Waals surface area contributed by atoms with Gasteiger partial charge in [0.15, 0.2) is 5.11 Å². The first-order valence-electron chi connectivity index (χ1n) is 13.2. The number of aromatic nitrogens is 2. The zero-order valence-electron chi connectivity index (χ0n) is 20.4. The molecule has 2 aliphatic heterocycles. The highest BCUT2D eigenvalue weighted by molar-refractivity contribution is 7.80. The number of thiocarbonyl (C=S) groups is 1. The predicted molar refractivity (Wildman–Crippen MR) is 145 cm³/mol. The first-order valence-corrected chi connectivity index (χ1v) is 13.6. The molecule has 2 N–H and O–H groups in total. The molecule has 1 aromatic carbocycles. The van der Waals surface area contributed by atoms with Crippen LogP contribution in [0.2, 0.25) is 0 Å². The maximum Gasteiger partial charge on any atom is 0.232 e. The summed E-state index contributed by atoms with van der Waals surface area (Å²) in [5.41, 5.74) is 2.84. The first-order chi connectivity index (χ1) is 16.6. The maximum atomic E-state index is 5.70. The molecular weight excluding hydrogens is 440 g/mol. The molecule has 1 saturated carbocycles. The lowest BCUT2D eigenvalue weighted by Crippen LogP contribution is -2.39. The van der Waals surface area contributed by atoms with Gasteiger partial charge in [-0.1, -0.05) is 56.9 Å². The van der Waals surface area contributed by atoms with E-state index in [1.807, 2.05) is 0 Å². The number of hydrogen-bond acceptors (Lipinski definition) is 5. The Labute approximate surface area is 209 Å². The summed E-state index contributed by atoms with van der Waals surface area (Å²) in [6.45, 7) is 6.28. The summed E-state index contributed by atoms with van der Waals surface area (Å²) in [6.07, 6.45) is 11.1. The van der Waals surface area contributed by atoms with E-state index in [2.05, 4.69) is 57.7 Å². The number of anilines is 3. The van der Waals surface area contributed by atoms with Gasteiger partial charge in [-0.3, -0.25) is 0 Å². The highest BCUT2D eigenvalue weighted by Crippen LogP contribution is 2.29. The Morgan fingerprint density at radius 1 is 0.912 bits per heavy atom. The Morgan fingerprint density at radius 3 is 2.41 bits per heavy atom. The fourth-order valence-electron chi connectivity index (χ4n) is 5.64. The molecule has 0 amide bonds. The molecule has 1 aliphatic carbocycles. The van der Waals surface area contributed by atoms with Gasteiger partial charge in [0.1, 0.15) is 11.6 Å². The van der Waals surface area contributed by atoms with E-state index in [9.17, 15) is 0 Å². The standard InChI is InChI=1S/C27H38N6S/c1-20-9-8-15-32(18-20)24-17-25(33-16-14-21-10-6-7-11-22(21)19-33)30-26(29-24)31-27(34)28-23-12-4-2-3-5-13-23/h6-7,10-11,17,20,23H,2-5,8-9,12-16,18-19H2,1H3,(H2,28,29,30,31,34). The lowest BCUT2D eigenvalue weighted by molar-refractivity contribution is 0.444. The molecule has 1 saturated heterocycles. The van der Waals surface area contributed by atoms with Gasteiger partial charge in [-0.15, -0.1) is 0 Å². The second-order valence-electron chi connectivity index (χ2n) is 10.3. The monoisotopic (exact) mass is 478 g/mol. The van der Waals surface area contributed by atoms with Crippen molar-refractivity contribution in [3.8, 4) is 0 Å². The zero-order valence-corrected chi connectivity index (χ0v) is 21.2.